The summed E-state index contributed by atoms with van der Waals surface area (Å²) < 4.78 is 0. The number of nitrogens with zero attached hydrogens (tertiary/aromatic N) is 1. The molecule has 1 aliphatic rings. The monoisotopic (exact) mass is 266 g/mol. The van der Waals surface area contributed by atoms with Gasteiger partial charge in [0.1, 0.15) is 0 Å². The first-order chi connectivity index (χ1) is 8.69. The molecule has 18 heavy (non-hydrogen) atoms. The maximum atomic E-state index is 3.22. The number of thiophene rings is 1. The summed E-state index contributed by atoms with van der Waals surface area (Å²) in [6.07, 6.45) is 4.14. The first-order valence-electron chi connectivity index (χ1n) is 7.15. The number of rotatable bonds is 8. The Morgan fingerprint density at radius 1 is 1.33 bits per heavy atom. The lowest BCUT2D eigenvalue weighted by Crippen LogP contribution is -2.27. The highest BCUT2D eigenvalue weighted by atomic mass is 32.1. The summed E-state index contributed by atoms with van der Waals surface area (Å²) in [6.45, 7) is 8.07. The summed E-state index contributed by atoms with van der Waals surface area (Å²) >= 11 is 1.96. The van der Waals surface area contributed by atoms with E-state index in [9.17, 15) is 0 Å². The van der Waals surface area contributed by atoms with Gasteiger partial charge in [-0.05, 0) is 50.9 Å². The van der Waals surface area contributed by atoms with Gasteiger partial charge in [-0.1, -0.05) is 13.8 Å². The lowest BCUT2D eigenvalue weighted by Gasteiger charge is -2.22. The molecule has 0 aromatic carbocycles. The Balaban J connectivity index is 1.86. The Hall–Kier alpha value is -0.380. The third-order valence-electron chi connectivity index (χ3n) is 3.48. The number of nitrogens with one attached hydrogen (secondary N) is 1. The highest BCUT2D eigenvalue weighted by Crippen LogP contribution is 2.30. The quantitative estimate of drug-likeness (QED) is 0.775. The van der Waals surface area contributed by atoms with Crippen LogP contribution in [0.15, 0.2) is 12.1 Å². The molecule has 0 aliphatic heterocycles. The summed E-state index contributed by atoms with van der Waals surface area (Å²) in [5, 5.41) is 3.22. The zero-order valence-electron chi connectivity index (χ0n) is 11.9. The Bertz CT molecular complexity index is 355. The molecule has 2 nitrogen and oxygen atoms in total. The topological polar surface area (TPSA) is 15.3 Å². The Morgan fingerprint density at radius 3 is 2.67 bits per heavy atom. The molecule has 1 aliphatic carbocycles. The summed E-state index contributed by atoms with van der Waals surface area (Å²) in [6, 6.07) is 5.45. The van der Waals surface area contributed by atoms with Crippen molar-refractivity contribution in [1.29, 1.82) is 0 Å². The van der Waals surface area contributed by atoms with Crippen LogP contribution in [0, 0.1) is 5.92 Å². The molecule has 0 amide bonds. The van der Waals surface area contributed by atoms with Gasteiger partial charge in [0.2, 0.25) is 0 Å². The fraction of sp³-hybridized carbons (Fsp3) is 0.733. The molecule has 1 N–H and O–H groups in total. The van der Waals surface area contributed by atoms with E-state index in [0.29, 0.717) is 0 Å². The van der Waals surface area contributed by atoms with E-state index in [2.05, 4.69) is 36.2 Å². The van der Waals surface area contributed by atoms with Crippen molar-refractivity contribution < 1.29 is 0 Å². The molecule has 0 saturated heterocycles. The molecule has 1 aromatic heterocycles. The minimum absolute atomic E-state index is 0.814. The molecule has 1 fully saturated rings. The van der Waals surface area contributed by atoms with Crippen LogP contribution >= 0.6 is 11.3 Å². The molecule has 102 valence electrons. The number of hydrogen-bond donors (Lipinski definition) is 1. The van der Waals surface area contributed by atoms with Crippen molar-refractivity contribution in [2.24, 2.45) is 5.92 Å². The van der Waals surface area contributed by atoms with Gasteiger partial charge >= 0.3 is 0 Å². The van der Waals surface area contributed by atoms with Crippen molar-refractivity contribution in [2.75, 3.05) is 13.6 Å². The van der Waals surface area contributed by atoms with Gasteiger partial charge in [-0.25, -0.2) is 0 Å². The smallest absolute Gasteiger partial charge is 0.0330 e. The summed E-state index contributed by atoms with van der Waals surface area (Å²) in [5.41, 5.74) is 0. The zero-order valence-corrected chi connectivity index (χ0v) is 12.7. The first kappa shape index (κ1) is 14.0. The van der Waals surface area contributed by atoms with Gasteiger partial charge in [0, 0.05) is 28.9 Å². The van der Waals surface area contributed by atoms with Crippen LogP contribution in [0.5, 0.6) is 0 Å². The average molecular weight is 266 g/mol. The van der Waals surface area contributed by atoms with Gasteiger partial charge in [0.25, 0.3) is 0 Å². The van der Waals surface area contributed by atoms with Crippen LogP contribution in [0.3, 0.4) is 0 Å². The molecule has 2 rings (SSSR count). The number of hydrogen-bond acceptors (Lipinski definition) is 3. The highest BCUT2D eigenvalue weighted by Gasteiger charge is 2.28. The Labute approximate surface area is 115 Å². The second-order valence-corrected chi connectivity index (χ2v) is 7.04. The van der Waals surface area contributed by atoms with Crippen LogP contribution in [0.1, 0.15) is 42.9 Å². The van der Waals surface area contributed by atoms with Crippen LogP contribution in [-0.2, 0) is 13.1 Å². The molecule has 0 atom stereocenters. The predicted molar refractivity (Wildman–Crippen MR) is 80.0 cm³/mol. The molecular formula is C15H26N2S. The molecule has 0 spiro atoms. The minimum atomic E-state index is 0.814. The van der Waals surface area contributed by atoms with E-state index in [0.717, 1.165) is 25.0 Å². The lowest BCUT2D eigenvalue weighted by molar-refractivity contribution is 0.241. The van der Waals surface area contributed by atoms with E-state index < -0.39 is 0 Å². The van der Waals surface area contributed by atoms with Gasteiger partial charge in [-0.2, -0.15) is 0 Å². The second-order valence-electron chi connectivity index (χ2n) is 5.78. The molecular weight excluding hydrogens is 240 g/mol. The molecule has 1 heterocycles. The highest BCUT2D eigenvalue weighted by molar-refractivity contribution is 7.11. The predicted octanol–water partition coefficient (Wildman–Crippen LogP) is 3.48. The molecule has 0 unspecified atom stereocenters. The van der Waals surface area contributed by atoms with Crippen molar-refractivity contribution in [3.8, 4) is 0 Å². The van der Waals surface area contributed by atoms with Crippen molar-refractivity contribution >= 4 is 11.3 Å². The Morgan fingerprint density at radius 2 is 2.06 bits per heavy atom. The van der Waals surface area contributed by atoms with E-state index in [1.165, 1.54) is 35.6 Å². The van der Waals surface area contributed by atoms with Crippen LogP contribution in [0.4, 0.5) is 0 Å². The van der Waals surface area contributed by atoms with Crippen molar-refractivity contribution in [1.82, 2.24) is 10.2 Å². The van der Waals surface area contributed by atoms with E-state index in [4.69, 9.17) is 0 Å². The average Bonchev–Trinajstić information content (AvgIpc) is 3.07. The third-order valence-corrected chi connectivity index (χ3v) is 4.55. The summed E-state index contributed by atoms with van der Waals surface area (Å²) in [4.78, 5) is 5.66. The largest absolute Gasteiger partial charge is 0.315 e. The van der Waals surface area contributed by atoms with Gasteiger partial charge in [0.05, 0.1) is 0 Å². The molecule has 3 heteroatoms. The second kappa shape index (κ2) is 6.69. The summed E-state index contributed by atoms with van der Waals surface area (Å²) in [5.74, 6) is 0.814. The van der Waals surface area contributed by atoms with Crippen molar-refractivity contribution in [3.63, 3.8) is 0 Å². The fourth-order valence-electron chi connectivity index (χ4n) is 2.23. The molecule has 1 aromatic rings. The van der Waals surface area contributed by atoms with E-state index in [1.54, 1.807) is 0 Å². The fourth-order valence-corrected chi connectivity index (χ4v) is 3.29. The maximum Gasteiger partial charge on any atom is 0.0330 e. The van der Waals surface area contributed by atoms with Crippen molar-refractivity contribution in [2.45, 2.75) is 52.2 Å². The Kier molecular flexibility index (Phi) is 5.22. The maximum absolute atomic E-state index is 3.22. The van der Waals surface area contributed by atoms with Crippen LogP contribution in [0.2, 0.25) is 0 Å². The minimum Gasteiger partial charge on any atom is -0.315 e. The van der Waals surface area contributed by atoms with Gasteiger partial charge in [-0.15, -0.1) is 11.3 Å². The van der Waals surface area contributed by atoms with Gasteiger partial charge in [-0.3, -0.25) is 4.90 Å². The van der Waals surface area contributed by atoms with Crippen LogP contribution in [0.25, 0.3) is 0 Å². The molecule has 1 saturated carbocycles. The normalized spacial score (nSPS) is 15.8. The first-order valence-corrected chi connectivity index (χ1v) is 7.97. The van der Waals surface area contributed by atoms with E-state index >= 15 is 0 Å². The van der Waals surface area contributed by atoms with Crippen molar-refractivity contribution in [3.05, 3.63) is 21.9 Å². The summed E-state index contributed by atoms with van der Waals surface area (Å²) in [7, 11) is 2.01. The SMILES string of the molecule is CNCc1ccc(CN(CCC(C)C)C2CC2)s1. The lowest BCUT2D eigenvalue weighted by atomic mass is 10.1. The van der Waals surface area contributed by atoms with Gasteiger partial charge in [0.15, 0.2) is 0 Å². The third kappa shape index (κ3) is 4.38. The van der Waals surface area contributed by atoms with Crippen LogP contribution < -0.4 is 5.32 Å². The molecule has 0 radical (unpaired) electrons. The van der Waals surface area contributed by atoms with Gasteiger partial charge < -0.3 is 5.32 Å². The zero-order chi connectivity index (χ0) is 13.0. The van der Waals surface area contributed by atoms with Crippen LogP contribution in [-0.4, -0.2) is 24.5 Å². The van der Waals surface area contributed by atoms with E-state index in [1.807, 2.05) is 18.4 Å². The van der Waals surface area contributed by atoms with E-state index in [-0.39, 0.29) is 0 Å². The molecule has 0 bridgehead atoms. The standard InChI is InChI=1S/C15H26N2S/c1-12(2)8-9-17(13-4-5-13)11-15-7-6-14(18-15)10-16-3/h6-7,12-13,16H,4-5,8-11H2,1-3H3.